The van der Waals surface area contributed by atoms with Gasteiger partial charge in [0.15, 0.2) is 0 Å². The van der Waals surface area contributed by atoms with Gasteiger partial charge in [-0.25, -0.2) is 8.42 Å². The molecule has 0 aliphatic heterocycles. The second-order valence-electron chi connectivity index (χ2n) is 5.72. The van der Waals surface area contributed by atoms with Crippen LogP contribution in [0.3, 0.4) is 0 Å². The predicted molar refractivity (Wildman–Crippen MR) is 90.1 cm³/mol. The first-order valence-electron chi connectivity index (χ1n) is 7.20. The molecule has 0 saturated carbocycles. The van der Waals surface area contributed by atoms with Crippen molar-refractivity contribution in [2.75, 3.05) is 4.72 Å². The van der Waals surface area contributed by atoms with Crippen molar-refractivity contribution in [2.45, 2.75) is 32.6 Å². The van der Waals surface area contributed by atoms with Crippen LogP contribution in [0.2, 0.25) is 0 Å². The largest absolute Gasteiger partial charge is 0.280 e. The maximum absolute atomic E-state index is 12.9. The van der Waals surface area contributed by atoms with Gasteiger partial charge in [0.2, 0.25) is 0 Å². The molecule has 0 bridgehead atoms. The molecule has 3 aromatic rings. The molecule has 0 atom stereocenters. The quantitative estimate of drug-likeness (QED) is 0.773. The van der Waals surface area contributed by atoms with Crippen LogP contribution < -0.4 is 4.72 Å². The average molecular weight is 330 g/mol. The van der Waals surface area contributed by atoms with Crippen LogP contribution in [0, 0.1) is 27.7 Å². The third-order valence-corrected chi connectivity index (χ3v) is 5.79. The molecule has 0 saturated heterocycles. The number of hydrogen-bond donors (Lipinski definition) is 2. The highest BCUT2D eigenvalue weighted by atomic mass is 32.2. The summed E-state index contributed by atoms with van der Waals surface area (Å²) in [4.78, 5) is 0.343. The number of anilines is 1. The Morgan fingerprint density at radius 3 is 2.17 bits per heavy atom. The molecule has 120 valence electrons. The normalized spacial score (nSPS) is 11.8. The Labute approximate surface area is 135 Å². The van der Waals surface area contributed by atoms with E-state index < -0.39 is 10.0 Å². The van der Waals surface area contributed by atoms with Crippen molar-refractivity contribution in [3.8, 4) is 0 Å². The van der Waals surface area contributed by atoms with Gasteiger partial charge in [-0.15, -0.1) is 0 Å². The maximum atomic E-state index is 12.9. The van der Waals surface area contributed by atoms with E-state index in [0.29, 0.717) is 21.6 Å². The Morgan fingerprint density at radius 1 is 0.913 bits per heavy atom. The first-order valence-corrected chi connectivity index (χ1v) is 8.68. The summed E-state index contributed by atoms with van der Waals surface area (Å²) in [6.07, 6.45) is 0. The molecule has 0 aliphatic rings. The molecule has 6 nitrogen and oxygen atoms in total. The van der Waals surface area contributed by atoms with Gasteiger partial charge in [0.1, 0.15) is 11.0 Å². The summed E-state index contributed by atoms with van der Waals surface area (Å²) < 4.78 is 28.4. The smallest absolute Gasteiger partial charge is 0.262 e. The highest BCUT2D eigenvalue weighted by molar-refractivity contribution is 7.92. The van der Waals surface area contributed by atoms with E-state index in [-0.39, 0.29) is 0 Å². The second-order valence-corrected chi connectivity index (χ2v) is 7.34. The summed E-state index contributed by atoms with van der Waals surface area (Å²) >= 11 is 0. The van der Waals surface area contributed by atoms with Gasteiger partial charge >= 0.3 is 0 Å². The number of sulfonamides is 1. The molecule has 1 heterocycles. The number of aryl methyl sites for hydroxylation is 2. The van der Waals surface area contributed by atoms with Crippen LogP contribution >= 0.6 is 0 Å². The molecule has 0 spiro atoms. The van der Waals surface area contributed by atoms with Crippen molar-refractivity contribution >= 4 is 26.7 Å². The Hall–Kier alpha value is -2.41. The van der Waals surface area contributed by atoms with Crippen molar-refractivity contribution in [1.82, 2.24) is 15.4 Å². The molecule has 7 heteroatoms. The Balaban J connectivity index is 2.08. The Morgan fingerprint density at radius 2 is 1.52 bits per heavy atom. The lowest BCUT2D eigenvalue weighted by atomic mass is 10.0. The molecular formula is C16H18N4O2S. The van der Waals surface area contributed by atoms with E-state index in [1.807, 2.05) is 33.8 Å². The SMILES string of the molecule is Cc1cc(C)c(C)c(S(=O)(=O)Nc2ccc3n[nH]nc3c2)c1C. The monoisotopic (exact) mass is 330 g/mol. The lowest BCUT2D eigenvalue weighted by Gasteiger charge is -2.16. The fraction of sp³-hybridized carbons (Fsp3) is 0.250. The predicted octanol–water partition coefficient (Wildman–Crippen LogP) is 2.99. The van der Waals surface area contributed by atoms with E-state index >= 15 is 0 Å². The molecule has 1 aromatic heterocycles. The van der Waals surface area contributed by atoms with Gasteiger partial charge in [0.25, 0.3) is 10.0 Å². The lowest BCUT2D eigenvalue weighted by Crippen LogP contribution is -2.17. The number of nitrogens with zero attached hydrogens (tertiary/aromatic N) is 2. The highest BCUT2D eigenvalue weighted by Gasteiger charge is 2.22. The average Bonchev–Trinajstić information content (AvgIpc) is 2.92. The van der Waals surface area contributed by atoms with Crippen LogP contribution in [0.5, 0.6) is 0 Å². The topological polar surface area (TPSA) is 87.7 Å². The Kier molecular flexibility index (Phi) is 3.60. The summed E-state index contributed by atoms with van der Waals surface area (Å²) in [5.74, 6) is 0. The van der Waals surface area contributed by atoms with E-state index in [1.54, 1.807) is 18.2 Å². The van der Waals surface area contributed by atoms with Crippen LogP contribution in [-0.4, -0.2) is 23.8 Å². The molecule has 2 N–H and O–H groups in total. The minimum Gasteiger partial charge on any atom is -0.280 e. The number of benzene rings is 2. The van der Waals surface area contributed by atoms with E-state index in [2.05, 4.69) is 20.1 Å². The van der Waals surface area contributed by atoms with Gasteiger partial charge < -0.3 is 0 Å². The molecule has 23 heavy (non-hydrogen) atoms. The van der Waals surface area contributed by atoms with Crippen molar-refractivity contribution < 1.29 is 8.42 Å². The van der Waals surface area contributed by atoms with Crippen molar-refractivity contribution in [2.24, 2.45) is 0 Å². The minimum absolute atomic E-state index is 0.343. The number of fused-ring (bicyclic) bond motifs is 1. The molecular weight excluding hydrogens is 312 g/mol. The van der Waals surface area contributed by atoms with Gasteiger partial charge in [-0.2, -0.15) is 15.4 Å². The lowest BCUT2D eigenvalue weighted by molar-refractivity contribution is 0.599. The van der Waals surface area contributed by atoms with E-state index in [1.165, 1.54) is 0 Å². The standard InChI is InChI=1S/C16H18N4O2S/c1-9-7-10(2)12(4)16(11(9)3)23(21,22)19-13-5-6-14-15(8-13)18-20-17-14/h5-8,19H,1-4H3,(H,17,18,20). The number of nitrogens with one attached hydrogen (secondary N) is 2. The van der Waals surface area contributed by atoms with Crippen molar-refractivity contribution in [3.05, 3.63) is 46.5 Å². The molecule has 0 radical (unpaired) electrons. The van der Waals surface area contributed by atoms with Crippen LogP contribution in [0.25, 0.3) is 11.0 Å². The number of aromatic amines is 1. The molecule has 0 fully saturated rings. The van der Waals surface area contributed by atoms with Crippen LogP contribution in [0.1, 0.15) is 22.3 Å². The zero-order valence-electron chi connectivity index (χ0n) is 13.4. The zero-order chi connectivity index (χ0) is 16.8. The summed E-state index contributed by atoms with van der Waals surface area (Å²) in [7, 11) is -3.68. The number of aromatic nitrogens is 3. The van der Waals surface area contributed by atoms with Gasteiger partial charge in [0.05, 0.1) is 10.6 Å². The van der Waals surface area contributed by atoms with E-state index in [0.717, 1.165) is 22.3 Å². The maximum Gasteiger partial charge on any atom is 0.262 e. The van der Waals surface area contributed by atoms with Gasteiger partial charge in [-0.05, 0) is 68.1 Å². The summed E-state index contributed by atoms with van der Waals surface area (Å²) in [5, 5.41) is 10.4. The Bertz CT molecular complexity index is 980. The molecule has 3 rings (SSSR count). The molecule has 0 aliphatic carbocycles. The van der Waals surface area contributed by atoms with Gasteiger partial charge in [-0.1, -0.05) is 6.07 Å². The molecule has 0 unspecified atom stereocenters. The minimum atomic E-state index is -3.68. The first-order chi connectivity index (χ1) is 10.8. The van der Waals surface area contributed by atoms with Crippen molar-refractivity contribution in [1.29, 1.82) is 0 Å². The van der Waals surface area contributed by atoms with Crippen LogP contribution in [0.4, 0.5) is 5.69 Å². The van der Waals surface area contributed by atoms with Gasteiger partial charge in [0, 0.05) is 0 Å². The number of rotatable bonds is 3. The molecule has 2 aromatic carbocycles. The second kappa shape index (κ2) is 5.34. The van der Waals surface area contributed by atoms with Crippen molar-refractivity contribution in [3.63, 3.8) is 0 Å². The molecule has 0 amide bonds. The summed E-state index contributed by atoms with van der Waals surface area (Å²) in [6.45, 7) is 7.50. The summed E-state index contributed by atoms with van der Waals surface area (Å²) in [6, 6.07) is 7.06. The fourth-order valence-electron chi connectivity index (χ4n) is 2.69. The van der Waals surface area contributed by atoms with Crippen LogP contribution in [-0.2, 0) is 10.0 Å². The highest BCUT2D eigenvalue weighted by Crippen LogP contribution is 2.28. The third kappa shape index (κ3) is 2.68. The zero-order valence-corrected chi connectivity index (χ0v) is 14.2. The van der Waals surface area contributed by atoms with Gasteiger partial charge in [-0.3, -0.25) is 4.72 Å². The van der Waals surface area contributed by atoms with E-state index in [4.69, 9.17) is 0 Å². The third-order valence-electron chi connectivity index (χ3n) is 4.13. The first kappa shape index (κ1) is 15.5. The van der Waals surface area contributed by atoms with Crippen LogP contribution in [0.15, 0.2) is 29.2 Å². The fourth-order valence-corrected chi connectivity index (χ4v) is 4.36. The van der Waals surface area contributed by atoms with E-state index in [9.17, 15) is 8.42 Å². The number of hydrogen-bond acceptors (Lipinski definition) is 4. The number of H-pyrrole nitrogens is 1. The summed E-state index contributed by atoms with van der Waals surface area (Å²) in [5.41, 5.74) is 5.21.